The summed E-state index contributed by atoms with van der Waals surface area (Å²) in [6.07, 6.45) is 0.576. The Morgan fingerprint density at radius 3 is 2.45 bits per heavy atom. The second-order valence-corrected chi connectivity index (χ2v) is 10.4. The predicted octanol–water partition coefficient (Wildman–Crippen LogP) is 3.19. The van der Waals surface area contributed by atoms with Gasteiger partial charge in [-0.1, -0.05) is 27.5 Å². The van der Waals surface area contributed by atoms with E-state index in [0.717, 1.165) is 15.8 Å². The number of hydrogen-bond donors (Lipinski definition) is 0. The molecule has 154 valence electrons. The first-order valence-corrected chi connectivity index (χ1v) is 11.9. The van der Waals surface area contributed by atoms with Gasteiger partial charge in [0, 0.05) is 35.7 Å². The molecule has 0 radical (unpaired) electrons. The molecule has 0 aromatic heterocycles. The maximum absolute atomic E-state index is 13.0. The molecule has 1 fully saturated rings. The van der Waals surface area contributed by atoms with Crippen molar-refractivity contribution in [2.45, 2.75) is 11.3 Å². The second kappa shape index (κ2) is 8.26. The van der Waals surface area contributed by atoms with E-state index in [1.165, 1.54) is 4.31 Å². The molecule has 0 N–H and O–H groups in total. The van der Waals surface area contributed by atoms with Crippen molar-refractivity contribution in [3.63, 3.8) is 0 Å². The number of carbonyl (C=O) groups is 1. The third-order valence-electron chi connectivity index (χ3n) is 5.28. The van der Waals surface area contributed by atoms with Gasteiger partial charge in [-0.3, -0.25) is 4.79 Å². The highest BCUT2D eigenvalue weighted by Gasteiger charge is 2.34. The lowest BCUT2D eigenvalue weighted by molar-refractivity contribution is -0.138. The quantitative estimate of drug-likeness (QED) is 0.651. The SMILES string of the molecule is O=C([C@@H]1COc2ccc(Cl)cc2C1)N1CCN(S(=O)(=O)c2ccc(Br)cc2)CC1. The van der Waals surface area contributed by atoms with Crippen LogP contribution < -0.4 is 4.74 Å². The molecule has 2 aromatic rings. The van der Waals surface area contributed by atoms with Gasteiger partial charge in [0.1, 0.15) is 12.4 Å². The highest BCUT2D eigenvalue weighted by molar-refractivity contribution is 9.10. The second-order valence-electron chi connectivity index (χ2n) is 7.15. The van der Waals surface area contributed by atoms with E-state index in [9.17, 15) is 13.2 Å². The average molecular weight is 500 g/mol. The fourth-order valence-corrected chi connectivity index (χ4v) is 5.57. The van der Waals surface area contributed by atoms with Gasteiger partial charge in [0.05, 0.1) is 10.8 Å². The number of hydrogen-bond acceptors (Lipinski definition) is 4. The number of halogens is 2. The van der Waals surface area contributed by atoms with Crippen LogP contribution in [0.4, 0.5) is 0 Å². The van der Waals surface area contributed by atoms with Crippen molar-refractivity contribution in [1.29, 1.82) is 0 Å². The zero-order chi connectivity index (χ0) is 20.6. The first kappa shape index (κ1) is 20.7. The summed E-state index contributed by atoms with van der Waals surface area (Å²) < 4.78 is 33.6. The summed E-state index contributed by atoms with van der Waals surface area (Å²) in [7, 11) is -3.56. The summed E-state index contributed by atoms with van der Waals surface area (Å²) in [5, 5.41) is 0.618. The normalized spacial score (nSPS) is 20.1. The van der Waals surface area contributed by atoms with Crippen LogP contribution in [0, 0.1) is 5.92 Å². The molecule has 0 aliphatic carbocycles. The summed E-state index contributed by atoms with van der Waals surface area (Å²) in [6, 6.07) is 12.0. The smallest absolute Gasteiger partial charge is 0.243 e. The van der Waals surface area contributed by atoms with Crippen molar-refractivity contribution < 1.29 is 17.9 Å². The van der Waals surface area contributed by atoms with Crippen LogP contribution >= 0.6 is 27.5 Å². The molecule has 2 aliphatic rings. The molecule has 0 saturated carbocycles. The maximum atomic E-state index is 13.0. The number of rotatable bonds is 3. The average Bonchev–Trinajstić information content (AvgIpc) is 2.73. The number of amides is 1. The van der Waals surface area contributed by atoms with Crippen LogP contribution in [-0.4, -0.2) is 56.3 Å². The third-order valence-corrected chi connectivity index (χ3v) is 7.96. The van der Waals surface area contributed by atoms with Crippen molar-refractivity contribution in [3.8, 4) is 5.75 Å². The van der Waals surface area contributed by atoms with Crippen LogP contribution in [0.1, 0.15) is 5.56 Å². The monoisotopic (exact) mass is 498 g/mol. The molecule has 0 unspecified atom stereocenters. The van der Waals surface area contributed by atoms with Crippen molar-refractivity contribution in [1.82, 2.24) is 9.21 Å². The van der Waals surface area contributed by atoms with Crippen LogP contribution in [0.5, 0.6) is 5.75 Å². The van der Waals surface area contributed by atoms with Crippen molar-refractivity contribution in [2.75, 3.05) is 32.8 Å². The van der Waals surface area contributed by atoms with Crippen LogP contribution in [-0.2, 0) is 21.2 Å². The van der Waals surface area contributed by atoms with E-state index < -0.39 is 10.0 Å². The van der Waals surface area contributed by atoms with Gasteiger partial charge in [0.15, 0.2) is 0 Å². The van der Waals surface area contributed by atoms with Crippen LogP contribution in [0.3, 0.4) is 0 Å². The third kappa shape index (κ3) is 4.30. The molecule has 1 atom stereocenters. The highest BCUT2D eigenvalue weighted by atomic mass is 79.9. The molecule has 2 aliphatic heterocycles. The standard InChI is InChI=1S/C20H20BrClN2O4S/c21-16-1-4-18(5-2-16)29(26,27)24-9-7-23(8-10-24)20(25)15-11-14-12-17(22)3-6-19(14)28-13-15/h1-6,12,15H,7-11,13H2/t15-/m0/s1. The minimum absolute atomic E-state index is 0.00341. The molecule has 6 nitrogen and oxygen atoms in total. The van der Waals surface area contributed by atoms with E-state index in [0.29, 0.717) is 31.1 Å². The number of carbonyl (C=O) groups excluding carboxylic acids is 1. The Morgan fingerprint density at radius 2 is 1.76 bits per heavy atom. The minimum atomic E-state index is -3.56. The van der Waals surface area contributed by atoms with E-state index in [2.05, 4.69) is 15.9 Å². The zero-order valence-electron chi connectivity index (χ0n) is 15.6. The number of fused-ring (bicyclic) bond motifs is 1. The molecule has 29 heavy (non-hydrogen) atoms. The van der Waals surface area contributed by atoms with Crippen LogP contribution in [0.2, 0.25) is 5.02 Å². The first-order chi connectivity index (χ1) is 13.8. The Morgan fingerprint density at radius 1 is 1.07 bits per heavy atom. The number of nitrogens with zero attached hydrogens (tertiary/aromatic N) is 2. The van der Waals surface area contributed by atoms with Gasteiger partial charge in [-0.25, -0.2) is 8.42 Å². The Hall–Kier alpha value is -1.61. The fraction of sp³-hybridized carbons (Fsp3) is 0.350. The van der Waals surface area contributed by atoms with E-state index in [1.807, 2.05) is 12.1 Å². The first-order valence-electron chi connectivity index (χ1n) is 9.30. The molecule has 2 aromatic carbocycles. The Bertz CT molecular complexity index is 1020. The molecular weight excluding hydrogens is 480 g/mol. The largest absolute Gasteiger partial charge is 0.492 e. The molecule has 4 rings (SSSR count). The number of sulfonamides is 1. The lowest BCUT2D eigenvalue weighted by atomic mass is 9.95. The van der Waals surface area contributed by atoms with E-state index in [1.54, 1.807) is 35.2 Å². The van der Waals surface area contributed by atoms with Crippen molar-refractivity contribution in [2.24, 2.45) is 5.92 Å². The van der Waals surface area contributed by atoms with Crippen LogP contribution in [0.25, 0.3) is 0 Å². The predicted molar refractivity (Wildman–Crippen MR) is 114 cm³/mol. The number of piperazine rings is 1. The Labute approximate surface area is 183 Å². The lowest BCUT2D eigenvalue weighted by Crippen LogP contribution is -2.52. The topological polar surface area (TPSA) is 66.9 Å². The molecule has 0 spiro atoms. The summed E-state index contributed by atoms with van der Waals surface area (Å²) >= 11 is 9.37. The van der Waals surface area contributed by atoms with Gasteiger partial charge in [-0.05, 0) is 54.4 Å². The molecule has 2 heterocycles. The van der Waals surface area contributed by atoms with Gasteiger partial charge in [-0.15, -0.1) is 0 Å². The lowest BCUT2D eigenvalue weighted by Gasteiger charge is -2.36. The summed E-state index contributed by atoms with van der Waals surface area (Å²) in [5.74, 6) is 0.482. The number of ether oxygens (including phenoxy) is 1. The number of benzene rings is 2. The van der Waals surface area contributed by atoms with E-state index in [4.69, 9.17) is 16.3 Å². The van der Waals surface area contributed by atoms with E-state index >= 15 is 0 Å². The maximum Gasteiger partial charge on any atom is 0.243 e. The highest BCUT2D eigenvalue weighted by Crippen LogP contribution is 2.31. The zero-order valence-corrected chi connectivity index (χ0v) is 18.7. The summed E-state index contributed by atoms with van der Waals surface area (Å²) in [5.41, 5.74) is 0.929. The van der Waals surface area contributed by atoms with Gasteiger partial charge in [-0.2, -0.15) is 4.31 Å². The molecule has 1 saturated heterocycles. The molecule has 1 amide bonds. The van der Waals surface area contributed by atoms with E-state index in [-0.39, 0.29) is 29.8 Å². The van der Waals surface area contributed by atoms with Gasteiger partial charge in [0.25, 0.3) is 0 Å². The van der Waals surface area contributed by atoms with Crippen LogP contribution in [0.15, 0.2) is 51.8 Å². The summed E-state index contributed by atoms with van der Waals surface area (Å²) in [4.78, 5) is 14.9. The van der Waals surface area contributed by atoms with Crippen molar-refractivity contribution in [3.05, 3.63) is 57.5 Å². The summed E-state index contributed by atoms with van der Waals surface area (Å²) in [6.45, 7) is 1.62. The molecular formula is C20H20BrClN2O4S. The Balaban J connectivity index is 1.39. The van der Waals surface area contributed by atoms with Gasteiger partial charge in [0.2, 0.25) is 15.9 Å². The molecule has 0 bridgehead atoms. The van der Waals surface area contributed by atoms with Gasteiger partial charge >= 0.3 is 0 Å². The molecule has 9 heteroatoms. The Kier molecular flexibility index (Phi) is 5.88. The fourth-order valence-electron chi connectivity index (χ4n) is 3.68. The van der Waals surface area contributed by atoms with Crippen molar-refractivity contribution >= 4 is 43.5 Å². The van der Waals surface area contributed by atoms with Gasteiger partial charge < -0.3 is 9.64 Å². The minimum Gasteiger partial charge on any atom is -0.492 e.